The Kier molecular flexibility index (Phi) is 5.15. The molecule has 1 saturated heterocycles. The number of nitrogens with two attached hydrogens (primary N) is 1. The van der Waals surface area contributed by atoms with E-state index in [1.54, 1.807) is 13.1 Å². The number of sulfonamides is 1. The van der Waals surface area contributed by atoms with Crippen LogP contribution in [0.25, 0.3) is 0 Å². The second-order valence-electron chi connectivity index (χ2n) is 5.20. The normalized spacial score (nSPS) is 18.1. The average molecular weight is 313 g/mol. The van der Waals surface area contributed by atoms with Crippen molar-refractivity contribution in [2.45, 2.75) is 30.7 Å². The highest BCUT2D eigenvalue weighted by Crippen LogP contribution is 2.26. The predicted octanol–water partition coefficient (Wildman–Crippen LogP) is 0.472. The molecule has 0 aromatic carbocycles. The van der Waals surface area contributed by atoms with Crippen LogP contribution >= 0.6 is 0 Å². The van der Waals surface area contributed by atoms with Crippen molar-refractivity contribution in [3.63, 3.8) is 0 Å². The van der Waals surface area contributed by atoms with E-state index in [0.29, 0.717) is 5.69 Å². The first-order valence-electron chi connectivity index (χ1n) is 7.11. The lowest BCUT2D eigenvalue weighted by Crippen LogP contribution is -2.45. The summed E-state index contributed by atoms with van der Waals surface area (Å²) in [5.41, 5.74) is 2.79. The fourth-order valence-electron chi connectivity index (χ4n) is 2.66. The summed E-state index contributed by atoms with van der Waals surface area (Å²) >= 11 is 0. The minimum atomic E-state index is -3.60. The number of rotatable bonds is 5. The van der Waals surface area contributed by atoms with E-state index < -0.39 is 10.0 Å². The predicted molar refractivity (Wildman–Crippen MR) is 82.1 cm³/mol. The van der Waals surface area contributed by atoms with Crippen molar-refractivity contribution < 1.29 is 8.42 Å². The standard InChI is InChI=1S/C13H23N5O2S/c1-3-18-8-5-11(6-9-18)17(2)21(19,20)13-10-15-7-4-12(13)16-14/h4,7,10-11H,3,5-6,8-9,14H2,1-2H3,(H,15,16). The van der Waals surface area contributed by atoms with Gasteiger partial charge in [-0.2, -0.15) is 4.31 Å². The lowest BCUT2D eigenvalue weighted by Gasteiger charge is -2.35. The zero-order valence-electron chi connectivity index (χ0n) is 12.5. The molecule has 0 bridgehead atoms. The second kappa shape index (κ2) is 6.69. The molecular weight excluding hydrogens is 290 g/mol. The Morgan fingerprint density at radius 1 is 1.48 bits per heavy atom. The molecule has 21 heavy (non-hydrogen) atoms. The van der Waals surface area contributed by atoms with E-state index in [4.69, 9.17) is 5.84 Å². The quantitative estimate of drug-likeness (QED) is 0.606. The van der Waals surface area contributed by atoms with Gasteiger partial charge in [-0.15, -0.1) is 0 Å². The minimum absolute atomic E-state index is 0.0173. The van der Waals surface area contributed by atoms with E-state index in [0.717, 1.165) is 32.5 Å². The molecule has 3 N–H and O–H groups in total. The highest BCUT2D eigenvalue weighted by Gasteiger charge is 2.32. The van der Waals surface area contributed by atoms with Crippen molar-refractivity contribution in [2.75, 3.05) is 32.1 Å². The molecule has 2 heterocycles. The summed E-state index contributed by atoms with van der Waals surface area (Å²) in [6.07, 6.45) is 4.53. The number of piperidine rings is 1. The van der Waals surface area contributed by atoms with Gasteiger partial charge in [0.2, 0.25) is 10.0 Å². The van der Waals surface area contributed by atoms with Gasteiger partial charge in [-0.05, 0) is 38.5 Å². The summed E-state index contributed by atoms with van der Waals surface area (Å²) in [4.78, 5) is 6.35. The summed E-state index contributed by atoms with van der Waals surface area (Å²) in [6, 6.07) is 1.57. The van der Waals surface area contributed by atoms with E-state index >= 15 is 0 Å². The van der Waals surface area contributed by atoms with E-state index in [1.807, 2.05) is 0 Å². The van der Waals surface area contributed by atoms with Crippen molar-refractivity contribution in [1.29, 1.82) is 0 Å². The average Bonchev–Trinajstić information content (AvgIpc) is 2.54. The number of likely N-dealkylation sites (tertiary alicyclic amines) is 1. The van der Waals surface area contributed by atoms with Crippen LogP contribution in [0.4, 0.5) is 5.69 Å². The third-order valence-corrected chi connectivity index (χ3v) is 6.05. The molecule has 0 aliphatic carbocycles. The maximum Gasteiger partial charge on any atom is 0.246 e. The topological polar surface area (TPSA) is 91.6 Å². The molecule has 2 rings (SSSR count). The van der Waals surface area contributed by atoms with Crippen LogP contribution < -0.4 is 11.3 Å². The van der Waals surface area contributed by atoms with E-state index in [2.05, 4.69) is 22.2 Å². The number of hydrogen-bond donors (Lipinski definition) is 2. The van der Waals surface area contributed by atoms with Crippen molar-refractivity contribution in [3.05, 3.63) is 18.5 Å². The zero-order valence-corrected chi connectivity index (χ0v) is 13.3. The van der Waals surface area contributed by atoms with E-state index in [-0.39, 0.29) is 10.9 Å². The van der Waals surface area contributed by atoms with E-state index in [9.17, 15) is 8.42 Å². The summed E-state index contributed by atoms with van der Waals surface area (Å²) < 4.78 is 26.9. The van der Waals surface area contributed by atoms with Crippen molar-refractivity contribution in [2.24, 2.45) is 5.84 Å². The molecule has 1 aliphatic heterocycles. The van der Waals surface area contributed by atoms with Crippen LogP contribution in [0.5, 0.6) is 0 Å². The zero-order chi connectivity index (χ0) is 15.5. The molecule has 0 saturated carbocycles. The number of nitrogens with one attached hydrogen (secondary N) is 1. The van der Waals surface area contributed by atoms with Crippen LogP contribution in [-0.2, 0) is 10.0 Å². The maximum atomic E-state index is 12.7. The first kappa shape index (κ1) is 16.2. The molecule has 1 aromatic rings. The number of nitrogens with zero attached hydrogens (tertiary/aromatic N) is 3. The van der Waals surface area contributed by atoms with Crippen LogP contribution in [0, 0.1) is 0 Å². The van der Waals surface area contributed by atoms with Gasteiger partial charge in [-0.25, -0.2) is 8.42 Å². The van der Waals surface area contributed by atoms with Crippen molar-refractivity contribution in [1.82, 2.24) is 14.2 Å². The summed E-state index contributed by atoms with van der Waals surface area (Å²) in [7, 11) is -1.96. The molecule has 0 amide bonds. The SMILES string of the molecule is CCN1CCC(N(C)S(=O)(=O)c2cnccc2NN)CC1. The fourth-order valence-corrected chi connectivity index (χ4v) is 4.17. The third kappa shape index (κ3) is 3.34. The van der Waals surface area contributed by atoms with Gasteiger partial charge in [-0.1, -0.05) is 6.92 Å². The van der Waals surface area contributed by atoms with Crippen LogP contribution in [0.3, 0.4) is 0 Å². The summed E-state index contributed by atoms with van der Waals surface area (Å²) in [5, 5.41) is 0. The van der Waals surface area contributed by atoms with Crippen molar-refractivity contribution >= 4 is 15.7 Å². The van der Waals surface area contributed by atoms with Crippen molar-refractivity contribution in [3.8, 4) is 0 Å². The van der Waals surface area contributed by atoms with Crippen LogP contribution in [-0.4, -0.2) is 55.3 Å². The molecular formula is C13H23N5O2S. The van der Waals surface area contributed by atoms with Gasteiger partial charge >= 0.3 is 0 Å². The molecule has 7 nitrogen and oxygen atoms in total. The first-order chi connectivity index (χ1) is 10.0. The molecule has 0 unspecified atom stereocenters. The minimum Gasteiger partial charge on any atom is -0.323 e. The third-order valence-electron chi connectivity index (χ3n) is 4.12. The maximum absolute atomic E-state index is 12.7. The van der Waals surface area contributed by atoms with Crippen LogP contribution in [0.2, 0.25) is 0 Å². The van der Waals surface area contributed by atoms with Gasteiger partial charge in [0.25, 0.3) is 0 Å². The molecule has 0 spiro atoms. The number of nitrogen functional groups attached to an aromatic ring is 1. The summed E-state index contributed by atoms with van der Waals surface area (Å²) in [5.74, 6) is 5.39. The Balaban J connectivity index is 2.19. The Bertz CT molecular complexity index is 570. The van der Waals surface area contributed by atoms with Crippen LogP contribution in [0.15, 0.2) is 23.4 Å². The van der Waals surface area contributed by atoms with Gasteiger partial charge in [-0.3, -0.25) is 10.8 Å². The smallest absolute Gasteiger partial charge is 0.246 e. The Hall–Kier alpha value is -1.22. The summed E-state index contributed by atoms with van der Waals surface area (Å²) in [6.45, 7) is 4.98. The lowest BCUT2D eigenvalue weighted by molar-refractivity contribution is 0.176. The number of hydrazine groups is 1. The largest absolute Gasteiger partial charge is 0.323 e. The molecule has 0 atom stereocenters. The number of aromatic nitrogens is 1. The molecule has 1 aliphatic rings. The van der Waals surface area contributed by atoms with Gasteiger partial charge < -0.3 is 10.3 Å². The molecule has 118 valence electrons. The monoisotopic (exact) mass is 313 g/mol. The number of hydrogen-bond acceptors (Lipinski definition) is 6. The Labute approximate surface area is 126 Å². The van der Waals surface area contributed by atoms with Gasteiger partial charge in [0.05, 0.1) is 5.69 Å². The molecule has 8 heteroatoms. The fraction of sp³-hybridized carbons (Fsp3) is 0.615. The number of anilines is 1. The highest BCUT2D eigenvalue weighted by atomic mass is 32.2. The Morgan fingerprint density at radius 3 is 2.71 bits per heavy atom. The molecule has 1 fully saturated rings. The van der Waals surface area contributed by atoms with Gasteiger partial charge in [0, 0.05) is 25.5 Å². The Morgan fingerprint density at radius 2 is 2.14 bits per heavy atom. The lowest BCUT2D eigenvalue weighted by atomic mass is 10.1. The number of pyridine rings is 1. The van der Waals surface area contributed by atoms with Gasteiger partial charge in [0.15, 0.2) is 0 Å². The van der Waals surface area contributed by atoms with Gasteiger partial charge in [0.1, 0.15) is 4.90 Å². The highest BCUT2D eigenvalue weighted by molar-refractivity contribution is 7.89. The second-order valence-corrected chi connectivity index (χ2v) is 7.17. The van der Waals surface area contributed by atoms with E-state index in [1.165, 1.54) is 16.7 Å². The molecule has 1 aromatic heterocycles. The first-order valence-corrected chi connectivity index (χ1v) is 8.55. The van der Waals surface area contributed by atoms with Crippen LogP contribution in [0.1, 0.15) is 19.8 Å². The molecule has 0 radical (unpaired) electrons.